The molecule has 1 atom stereocenters. The number of nitrogens with zero attached hydrogens (tertiary/aromatic N) is 4. The molecule has 3 heterocycles. The van der Waals surface area contributed by atoms with Crippen molar-refractivity contribution in [3.63, 3.8) is 0 Å². The van der Waals surface area contributed by atoms with Crippen molar-refractivity contribution in [3.8, 4) is 0 Å². The Hall–Kier alpha value is -2.55. The molecule has 0 aliphatic carbocycles. The van der Waals surface area contributed by atoms with Gasteiger partial charge in [-0.3, -0.25) is 4.98 Å². The summed E-state index contributed by atoms with van der Waals surface area (Å²) in [6.45, 7) is 2.76. The third kappa shape index (κ3) is 4.45. The number of nitrogens with one attached hydrogen (secondary N) is 1. The lowest BCUT2D eigenvalue weighted by atomic mass is 9.95. The van der Waals surface area contributed by atoms with Crippen molar-refractivity contribution in [2.75, 3.05) is 18.4 Å². The van der Waals surface area contributed by atoms with E-state index in [0.717, 1.165) is 29.9 Å². The molecule has 0 unspecified atom stereocenters. The van der Waals surface area contributed by atoms with Crippen LogP contribution in [-0.4, -0.2) is 40.8 Å². The van der Waals surface area contributed by atoms with Crippen LogP contribution in [0, 0.1) is 6.92 Å². The van der Waals surface area contributed by atoms with E-state index in [1.165, 1.54) is 4.31 Å². The Labute approximate surface area is 181 Å². The number of sulfonamides is 1. The number of rotatable bonds is 5. The van der Waals surface area contributed by atoms with Crippen molar-refractivity contribution in [3.05, 3.63) is 71.3 Å². The first-order valence-corrected chi connectivity index (χ1v) is 11.5. The Kier molecular flexibility index (Phi) is 5.99. The van der Waals surface area contributed by atoms with E-state index in [-0.39, 0.29) is 15.8 Å². The van der Waals surface area contributed by atoms with Gasteiger partial charge < -0.3 is 5.32 Å². The summed E-state index contributed by atoms with van der Waals surface area (Å²) in [6, 6.07) is 12.2. The van der Waals surface area contributed by atoms with Gasteiger partial charge in [-0.1, -0.05) is 23.7 Å². The highest BCUT2D eigenvalue weighted by Crippen LogP contribution is 2.32. The lowest BCUT2D eigenvalue weighted by Crippen LogP contribution is -2.39. The molecule has 1 N–H and O–H groups in total. The molecule has 1 saturated heterocycles. The van der Waals surface area contributed by atoms with Crippen LogP contribution in [-0.2, 0) is 10.0 Å². The van der Waals surface area contributed by atoms with Crippen LogP contribution in [0.3, 0.4) is 0 Å². The molecule has 156 valence electrons. The predicted molar refractivity (Wildman–Crippen MR) is 116 cm³/mol. The summed E-state index contributed by atoms with van der Waals surface area (Å²) in [4.78, 5) is 13.2. The number of aryl methyl sites for hydroxylation is 1. The van der Waals surface area contributed by atoms with Gasteiger partial charge in [0.05, 0.1) is 5.02 Å². The molecule has 3 aromatic rings. The second kappa shape index (κ2) is 8.67. The molecule has 30 heavy (non-hydrogen) atoms. The van der Waals surface area contributed by atoms with Gasteiger partial charge in [-0.2, -0.15) is 4.31 Å². The first kappa shape index (κ1) is 20.7. The number of piperidine rings is 1. The van der Waals surface area contributed by atoms with Crippen LogP contribution in [0.2, 0.25) is 5.02 Å². The second-order valence-corrected chi connectivity index (χ2v) is 9.57. The Bertz CT molecular complexity index is 1140. The van der Waals surface area contributed by atoms with Crippen LogP contribution in [0.15, 0.2) is 59.8 Å². The van der Waals surface area contributed by atoms with E-state index in [2.05, 4.69) is 20.3 Å². The van der Waals surface area contributed by atoms with Gasteiger partial charge in [0.25, 0.3) is 0 Å². The van der Waals surface area contributed by atoms with Crippen LogP contribution in [0.5, 0.6) is 0 Å². The van der Waals surface area contributed by atoms with E-state index in [1.54, 1.807) is 42.7 Å². The Balaban J connectivity index is 1.58. The molecule has 1 aliphatic rings. The standard InChI is InChI=1S/C21H22ClN5O2S/c1-15-12-17(26-21-23-9-5-10-24-21)13-19(25-15)16-6-4-11-27(14-16)30(28,29)20-8-3-2-7-18(20)22/h2-3,5,7-10,12-13,16H,4,6,11,14H2,1H3,(H,23,24,25,26)/t16-/m0/s1. The van der Waals surface area contributed by atoms with E-state index >= 15 is 0 Å². The zero-order chi connectivity index (χ0) is 21.1. The summed E-state index contributed by atoms with van der Waals surface area (Å²) in [5, 5.41) is 3.43. The number of benzene rings is 1. The van der Waals surface area contributed by atoms with Gasteiger partial charge >= 0.3 is 0 Å². The highest BCUT2D eigenvalue weighted by atomic mass is 35.5. The van der Waals surface area contributed by atoms with Gasteiger partial charge in [0.2, 0.25) is 16.0 Å². The van der Waals surface area contributed by atoms with E-state index in [1.807, 2.05) is 19.1 Å². The number of hydrogen-bond donors (Lipinski definition) is 1. The summed E-state index contributed by atoms with van der Waals surface area (Å²) in [5.41, 5.74) is 2.53. The largest absolute Gasteiger partial charge is 0.324 e. The molecule has 1 fully saturated rings. The first-order chi connectivity index (χ1) is 14.4. The fourth-order valence-corrected chi connectivity index (χ4v) is 5.68. The maximum absolute atomic E-state index is 13.2. The first-order valence-electron chi connectivity index (χ1n) is 9.71. The van der Waals surface area contributed by atoms with E-state index in [0.29, 0.717) is 19.0 Å². The molecule has 2 aromatic heterocycles. The van der Waals surface area contributed by atoms with Gasteiger partial charge in [-0.15, -0.1) is 0 Å². The maximum Gasteiger partial charge on any atom is 0.244 e. The summed E-state index contributed by atoms with van der Waals surface area (Å²) in [6.07, 6.45) is 4.96. The van der Waals surface area contributed by atoms with E-state index < -0.39 is 10.0 Å². The van der Waals surface area contributed by atoms with Gasteiger partial charge in [-0.25, -0.2) is 18.4 Å². The summed E-state index contributed by atoms with van der Waals surface area (Å²) in [7, 11) is -3.66. The van der Waals surface area contributed by atoms with Gasteiger partial charge in [0.15, 0.2) is 0 Å². The monoisotopic (exact) mass is 443 g/mol. The Morgan fingerprint density at radius 1 is 1.13 bits per heavy atom. The molecule has 1 aromatic carbocycles. The minimum absolute atomic E-state index is 0.00634. The molecule has 4 rings (SSSR count). The Morgan fingerprint density at radius 2 is 1.90 bits per heavy atom. The van der Waals surface area contributed by atoms with Crippen LogP contribution >= 0.6 is 11.6 Å². The summed E-state index contributed by atoms with van der Waals surface area (Å²) < 4.78 is 27.8. The normalized spacial score (nSPS) is 17.6. The molecule has 0 spiro atoms. The average molecular weight is 444 g/mol. The zero-order valence-electron chi connectivity index (χ0n) is 16.5. The van der Waals surface area contributed by atoms with Gasteiger partial charge in [-0.05, 0) is 50.1 Å². The third-order valence-corrected chi connectivity index (χ3v) is 7.42. The van der Waals surface area contributed by atoms with Crippen molar-refractivity contribution in [2.45, 2.75) is 30.6 Å². The summed E-state index contributed by atoms with van der Waals surface area (Å²) >= 11 is 6.16. The molecular formula is C21H22ClN5O2S. The van der Waals surface area contributed by atoms with Gasteiger partial charge in [0.1, 0.15) is 4.90 Å². The minimum Gasteiger partial charge on any atom is -0.324 e. The van der Waals surface area contributed by atoms with Crippen molar-refractivity contribution in [2.24, 2.45) is 0 Å². The predicted octanol–water partition coefficient (Wildman–Crippen LogP) is 4.15. The lowest BCUT2D eigenvalue weighted by molar-refractivity contribution is 0.312. The smallest absolute Gasteiger partial charge is 0.244 e. The van der Waals surface area contributed by atoms with Crippen molar-refractivity contribution >= 4 is 33.3 Å². The molecular weight excluding hydrogens is 422 g/mol. The van der Waals surface area contributed by atoms with Crippen molar-refractivity contribution in [1.82, 2.24) is 19.3 Å². The number of hydrogen-bond acceptors (Lipinski definition) is 6. The summed E-state index contributed by atoms with van der Waals surface area (Å²) in [5.74, 6) is 0.494. The molecule has 7 nitrogen and oxygen atoms in total. The average Bonchev–Trinajstić information content (AvgIpc) is 2.74. The SMILES string of the molecule is Cc1cc(Nc2ncccn2)cc([C@H]2CCCN(S(=O)(=O)c3ccccc3Cl)C2)n1. The molecule has 0 radical (unpaired) electrons. The van der Waals surface area contributed by atoms with Crippen molar-refractivity contribution < 1.29 is 8.42 Å². The number of pyridine rings is 1. The lowest BCUT2D eigenvalue weighted by Gasteiger charge is -2.32. The molecule has 0 amide bonds. The Morgan fingerprint density at radius 3 is 2.67 bits per heavy atom. The second-order valence-electron chi connectivity index (χ2n) is 7.25. The van der Waals surface area contributed by atoms with E-state index in [4.69, 9.17) is 11.6 Å². The maximum atomic E-state index is 13.2. The van der Waals surface area contributed by atoms with E-state index in [9.17, 15) is 8.42 Å². The highest BCUT2D eigenvalue weighted by Gasteiger charge is 2.32. The fraction of sp³-hybridized carbons (Fsp3) is 0.286. The molecule has 0 bridgehead atoms. The van der Waals surface area contributed by atoms with Crippen LogP contribution in [0.4, 0.5) is 11.6 Å². The number of anilines is 2. The van der Waals surface area contributed by atoms with Crippen LogP contribution < -0.4 is 5.32 Å². The highest BCUT2D eigenvalue weighted by molar-refractivity contribution is 7.89. The van der Waals surface area contributed by atoms with Gasteiger partial charge in [0, 0.05) is 48.5 Å². The molecule has 9 heteroatoms. The molecule has 0 saturated carbocycles. The fourth-order valence-electron chi connectivity index (χ4n) is 3.66. The topological polar surface area (TPSA) is 88.1 Å². The van der Waals surface area contributed by atoms with Crippen LogP contribution in [0.1, 0.15) is 30.1 Å². The number of aromatic nitrogens is 3. The molecule has 1 aliphatic heterocycles. The van der Waals surface area contributed by atoms with Crippen LogP contribution in [0.25, 0.3) is 0 Å². The van der Waals surface area contributed by atoms with Crippen molar-refractivity contribution in [1.29, 1.82) is 0 Å². The number of halogens is 1. The minimum atomic E-state index is -3.66. The zero-order valence-corrected chi connectivity index (χ0v) is 18.1. The third-order valence-electron chi connectivity index (χ3n) is 5.05. The quantitative estimate of drug-likeness (QED) is 0.637.